The van der Waals surface area contributed by atoms with Crippen molar-refractivity contribution >= 4 is 33.2 Å². The molecule has 0 aliphatic carbocycles. The lowest BCUT2D eigenvalue weighted by Gasteiger charge is -2.19. The van der Waals surface area contributed by atoms with Gasteiger partial charge in [-0.2, -0.15) is 0 Å². The topological polar surface area (TPSA) is 84.7 Å². The second kappa shape index (κ2) is 8.39. The van der Waals surface area contributed by atoms with E-state index in [-0.39, 0.29) is 22.9 Å². The van der Waals surface area contributed by atoms with Crippen LogP contribution < -0.4 is 15.0 Å². The number of rotatable bonds is 6. The summed E-state index contributed by atoms with van der Waals surface area (Å²) in [6.45, 7) is 2.33. The summed E-state index contributed by atoms with van der Waals surface area (Å²) in [4.78, 5) is 25.2. The lowest BCUT2D eigenvalue weighted by Crippen LogP contribution is -2.31. The highest BCUT2D eigenvalue weighted by Gasteiger charge is 2.24. The van der Waals surface area contributed by atoms with Crippen LogP contribution in [-0.4, -0.2) is 37.6 Å². The van der Waals surface area contributed by atoms with E-state index in [0.29, 0.717) is 12.5 Å². The molecule has 1 aliphatic rings. The average molecular weight is 434 g/mol. The van der Waals surface area contributed by atoms with Gasteiger partial charge in [-0.15, -0.1) is 0 Å². The van der Waals surface area contributed by atoms with Crippen molar-refractivity contribution in [2.24, 2.45) is 5.92 Å². The number of nitrogens with one attached hydrogen (secondary N) is 1. The van der Waals surface area contributed by atoms with Crippen molar-refractivity contribution in [3.8, 4) is 5.75 Å². The molecule has 0 radical (unpaired) electrons. The van der Waals surface area contributed by atoms with Crippen LogP contribution in [0.25, 0.3) is 0 Å². The van der Waals surface area contributed by atoms with Gasteiger partial charge in [0.25, 0.3) is 5.91 Å². The van der Waals surface area contributed by atoms with E-state index >= 15 is 0 Å². The number of anilines is 1. The van der Waals surface area contributed by atoms with Gasteiger partial charge < -0.3 is 15.0 Å². The van der Waals surface area contributed by atoms with Gasteiger partial charge in [0.1, 0.15) is 0 Å². The number of methoxy groups -OCH3 is 1. The zero-order chi connectivity index (χ0) is 19.4. The number of ether oxygens (including phenoxy) is 1. The molecular formula is C19H20BrN3O4. The SMILES string of the molecule is COc1ccc(C(=O)NCC2CCN(c3cccc(Br)c3)C2)cc1[N+](=O)[O-]. The highest BCUT2D eigenvalue weighted by atomic mass is 79.9. The van der Waals surface area contributed by atoms with Crippen LogP contribution in [0.2, 0.25) is 0 Å². The first kappa shape index (κ1) is 19.2. The summed E-state index contributed by atoms with van der Waals surface area (Å²) < 4.78 is 6.00. The normalized spacial score (nSPS) is 16.2. The molecule has 1 unspecified atom stereocenters. The van der Waals surface area contributed by atoms with E-state index in [1.54, 1.807) is 0 Å². The molecule has 1 N–H and O–H groups in total. The molecule has 7 nitrogen and oxygen atoms in total. The Balaban J connectivity index is 1.58. The number of carbonyl (C=O) groups excluding carboxylic acids is 1. The van der Waals surface area contributed by atoms with E-state index < -0.39 is 4.92 Å². The number of nitro groups is 1. The van der Waals surface area contributed by atoms with Crippen LogP contribution in [-0.2, 0) is 0 Å². The Morgan fingerprint density at radius 1 is 1.37 bits per heavy atom. The van der Waals surface area contributed by atoms with Gasteiger partial charge in [-0.05, 0) is 42.7 Å². The smallest absolute Gasteiger partial charge is 0.311 e. The number of hydrogen-bond donors (Lipinski definition) is 1. The van der Waals surface area contributed by atoms with Crippen LogP contribution >= 0.6 is 15.9 Å². The van der Waals surface area contributed by atoms with Crippen molar-refractivity contribution in [2.45, 2.75) is 6.42 Å². The first-order chi connectivity index (χ1) is 13.0. The van der Waals surface area contributed by atoms with E-state index in [1.807, 2.05) is 12.1 Å². The Kier molecular flexibility index (Phi) is 5.95. The second-order valence-electron chi connectivity index (χ2n) is 6.43. The summed E-state index contributed by atoms with van der Waals surface area (Å²) in [6, 6.07) is 12.4. The summed E-state index contributed by atoms with van der Waals surface area (Å²) in [6.07, 6.45) is 0.982. The molecule has 0 bridgehead atoms. The zero-order valence-corrected chi connectivity index (χ0v) is 16.4. The van der Waals surface area contributed by atoms with Crippen molar-refractivity contribution in [3.63, 3.8) is 0 Å². The summed E-state index contributed by atoms with van der Waals surface area (Å²) in [5.41, 5.74) is 1.19. The molecule has 2 aromatic carbocycles. The fourth-order valence-corrected chi connectivity index (χ4v) is 3.61. The Labute approximate surface area is 165 Å². The third kappa shape index (κ3) is 4.57. The molecule has 1 aliphatic heterocycles. The minimum atomic E-state index is -0.553. The van der Waals surface area contributed by atoms with Gasteiger partial charge in [0, 0.05) is 41.4 Å². The fourth-order valence-electron chi connectivity index (χ4n) is 3.22. The lowest BCUT2D eigenvalue weighted by molar-refractivity contribution is -0.385. The Bertz CT molecular complexity index is 859. The molecule has 1 fully saturated rings. The van der Waals surface area contributed by atoms with Crippen LogP contribution in [0.1, 0.15) is 16.8 Å². The number of hydrogen-bond acceptors (Lipinski definition) is 5. The minimum Gasteiger partial charge on any atom is -0.490 e. The van der Waals surface area contributed by atoms with Gasteiger partial charge in [-0.3, -0.25) is 14.9 Å². The third-order valence-corrected chi connectivity index (χ3v) is 5.14. The average Bonchev–Trinajstić information content (AvgIpc) is 3.14. The first-order valence-corrected chi connectivity index (χ1v) is 9.38. The number of nitrogens with zero attached hydrogens (tertiary/aromatic N) is 2. The van der Waals surface area contributed by atoms with E-state index in [0.717, 1.165) is 29.7 Å². The van der Waals surface area contributed by atoms with Crippen LogP contribution in [0.15, 0.2) is 46.9 Å². The van der Waals surface area contributed by atoms with Gasteiger partial charge in [0.05, 0.1) is 12.0 Å². The van der Waals surface area contributed by atoms with Gasteiger partial charge in [0.15, 0.2) is 5.75 Å². The Morgan fingerprint density at radius 3 is 2.89 bits per heavy atom. The number of halogens is 1. The van der Waals surface area contributed by atoms with Crippen molar-refractivity contribution < 1.29 is 14.5 Å². The number of amides is 1. The predicted octanol–water partition coefficient (Wildman–Crippen LogP) is 3.62. The molecule has 1 saturated heterocycles. The Hall–Kier alpha value is -2.61. The molecule has 27 heavy (non-hydrogen) atoms. The van der Waals surface area contributed by atoms with Gasteiger partial charge in [-0.25, -0.2) is 0 Å². The van der Waals surface area contributed by atoms with Crippen molar-refractivity contribution in [2.75, 3.05) is 31.6 Å². The van der Waals surface area contributed by atoms with Gasteiger partial charge in [0.2, 0.25) is 0 Å². The molecule has 3 rings (SSSR count). The van der Waals surface area contributed by atoms with Crippen LogP contribution in [0, 0.1) is 16.0 Å². The van der Waals surface area contributed by atoms with Gasteiger partial charge >= 0.3 is 5.69 Å². The summed E-state index contributed by atoms with van der Waals surface area (Å²) in [7, 11) is 1.36. The third-order valence-electron chi connectivity index (χ3n) is 4.65. The molecule has 142 valence electrons. The highest BCUT2D eigenvalue weighted by Crippen LogP contribution is 2.28. The summed E-state index contributed by atoms with van der Waals surface area (Å²) in [5.74, 6) is 0.153. The summed E-state index contributed by atoms with van der Waals surface area (Å²) >= 11 is 3.49. The summed E-state index contributed by atoms with van der Waals surface area (Å²) in [5, 5.41) is 14.0. The van der Waals surface area contributed by atoms with E-state index in [2.05, 4.69) is 38.3 Å². The van der Waals surface area contributed by atoms with Crippen LogP contribution in [0.3, 0.4) is 0 Å². The highest BCUT2D eigenvalue weighted by molar-refractivity contribution is 9.10. The first-order valence-electron chi connectivity index (χ1n) is 8.59. The van der Waals surface area contributed by atoms with Crippen LogP contribution in [0.4, 0.5) is 11.4 Å². The predicted molar refractivity (Wildman–Crippen MR) is 106 cm³/mol. The molecule has 0 saturated carbocycles. The molecule has 1 amide bonds. The quantitative estimate of drug-likeness (QED) is 0.555. The maximum Gasteiger partial charge on any atom is 0.311 e. The van der Waals surface area contributed by atoms with E-state index in [9.17, 15) is 14.9 Å². The van der Waals surface area contributed by atoms with E-state index in [4.69, 9.17) is 4.74 Å². The lowest BCUT2D eigenvalue weighted by atomic mass is 10.1. The van der Waals surface area contributed by atoms with E-state index in [1.165, 1.54) is 25.3 Å². The number of carbonyl (C=O) groups is 1. The molecule has 0 aromatic heterocycles. The van der Waals surface area contributed by atoms with Gasteiger partial charge in [-0.1, -0.05) is 22.0 Å². The fraction of sp³-hybridized carbons (Fsp3) is 0.316. The molecule has 0 spiro atoms. The molecule has 1 heterocycles. The number of benzene rings is 2. The molecule has 2 aromatic rings. The maximum absolute atomic E-state index is 12.4. The van der Waals surface area contributed by atoms with Crippen molar-refractivity contribution in [1.29, 1.82) is 0 Å². The molecular weight excluding hydrogens is 414 g/mol. The maximum atomic E-state index is 12.4. The Morgan fingerprint density at radius 2 is 2.19 bits per heavy atom. The largest absolute Gasteiger partial charge is 0.490 e. The zero-order valence-electron chi connectivity index (χ0n) is 14.9. The van der Waals surface area contributed by atoms with Crippen LogP contribution in [0.5, 0.6) is 5.75 Å². The number of nitro benzene ring substituents is 1. The van der Waals surface area contributed by atoms with Crippen molar-refractivity contribution in [3.05, 3.63) is 62.6 Å². The second-order valence-corrected chi connectivity index (χ2v) is 7.35. The van der Waals surface area contributed by atoms with Crippen molar-refractivity contribution in [1.82, 2.24) is 5.32 Å². The minimum absolute atomic E-state index is 0.136. The molecule has 8 heteroatoms. The standard InChI is InChI=1S/C19H20BrN3O4/c1-27-18-6-5-14(9-17(18)23(25)26)19(24)21-11-13-7-8-22(12-13)16-4-2-3-15(20)10-16/h2-6,9-10,13H,7-8,11-12H2,1H3,(H,21,24). The monoisotopic (exact) mass is 433 g/mol. The molecule has 1 atom stereocenters.